The molecular weight excluding hydrogens is 537 g/mol. The van der Waals surface area contributed by atoms with E-state index >= 15 is 0 Å². The molecule has 0 atom stereocenters. The van der Waals surface area contributed by atoms with E-state index in [4.69, 9.17) is 0 Å². The summed E-state index contributed by atoms with van der Waals surface area (Å²) in [5, 5.41) is 10.4. The molecule has 1 heteroatoms. The van der Waals surface area contributed by atoms with Gasteiger partial charge in [-0.2, -0.15) is 0 Å². The Bertz CT molecular complexity index is 2440. The highest BCUT2D eigenvalue weighted by Gasteiger charge is 2.18. The summed E-state index contributed by atoms with van der Waals surface area (Å²) in [6.45, 7) is 0. The van der Waals surface area contributed by atoms with Crippen molar-refractivity contribution in [2.75, 3.05) is 0 Å². The molecule has 0 saturated heterocycles. The van der Waals surface area contributed by atoms with Gasteiger partial charge in [0.2, 0.25) is 0 Å². The molecular formula is C42H26S. The fourth-order valence-electron chi connectivity index (χ4n) is 6.99. The highest BCUT2D eigenvalue weighted by atomic mass is 32.1. The Kier molecular flexibility index (Phi) is 5.47. The van der Waals surface area contributed by atoms with E-state index in [-0.39, 0.29) is 0 Å². The summed E-state index contributed by atoms with van der Waals surface area (Å²) in [5.41, 5.74) is 7.63. The number of hydrogen-bond acceptors (Lipinski definition) is 1. The van der Waals surface area contributed by atoms with Gasteiger partial charge in [0.05, 0.1) is 0 Å². The van der Waals surface area contributed by atoms with E-state index in [9.17, 15) is 0 Å². The molecule has 9 rings (SSSR count). The lowest BCUT2D eigenvalue weighted by atomic mass is 9.85. The van der Waals surface area contributed by atoms with Gasteiger partial charge < -0.3 is 0 Å². The number of thiophene rings is 1. The predicted octanol–water partition coefficient (Wildman–Crippen LogP) is 12.5. The maximum absolute atomic E-state index is 2.40. The Hall–Kier alpha value is -5.24. The molecule has 0 radical (unpaired) electrons. The summed E-state index contributed by atoms with van der Waals surface area (Å²) in [7, 11) is 0. The average molecular weight is 563 g/mol. The van der Waals surface area contributed by atoms with Crippen molar-refractivity contribution in [3.63, 3.8) is 0 Å². The van der Waals surface area contributed by atoms with Gasteiger partial charge in [-0.05, 0) is 77.8 Å². The molecule has 8 aromatic carbocycles. The fraction of sp³-hybridized carbons (Fsp3) is 0. The molecule has 0 fully saturated rings. The summed E-state index contributed by atoms with van der Waals surface area (Å²) >= 11 is 1.90. The van der Waals surface area contributed by atoms with Crippen LogP contribution in [0.3, 0.4) is 0 Å². The summed E-state index contributed by atoms with van der Waals surface area (Å²) in [4.78, 5) is 0. The Morgan fingerprint density at radius 3 is 1.60 bits per heavy atom. The number of benzene rings is 8. The van der Waals surface area contributed by atoms with Gasteiger partial charge in [0, 0.05) is 20.2 Å². The molecule has 1 heterocycles. The summed E-state index contributed by atoms with van der Waals surface area (Å²) < 4.78 is 2.69. The van der Waals surface area contributed by atoms with Crippen LogP contribution in [0.5, 0.6) is 0 Å². The lowest BCUT2D eigenvalue weighted by Crippen LogP contribution is -1.91. The molecule has 0 aliphatic rings. The first kappa shape index (κ1) is 24.4. The molecule has 0 nitrogen and oxygen atoms in total. The van der Waals surface area contributed by atoms with Gasteiger partial charge in [-0.3, -0.25) is 0 Å². The first-order chi connectivity index (χ1) is 21.3. The van der Waals surface area contributed by atoms with E-state index in [0.29, 0.717) is 0 Å². The summed E-state index contributed by atoms with van der Waals surface area (Å²) in [6.07, 6.45) is 0. The molecule has 1 aromatic heterocycles. The lowest BCUT2D eigenvalue weighted by Gasteiger charge is -2.18. The smallest absolute Gasteiger partial charge is 0.0434 e. The highest BCUT2D eigenvalue weighted by molar-refractivity contribution is 7.26. The average Bonchev–Trinajstić information content (AvgIpc) is 3.47. The molecule has 200 valence electrons. The maximum Gasteiger partial charge on any atom is 0.0434 e. The van der Waals surface area contributed by atoms with Crippen molar-refractivity contribution in [3.05, 3.63) is 158 Å². The molecule has 0 bridgehead atoms. The van der Waals surface area contributed by atoms with Crippen molar-refractivity contribution in [3.8, 4) is 33.4 Å². The summed E-state index contributed by atoms with van der Waals surface area (Å²) in [6, 6.07) is 57.8. The third-order valence-electron chi connectivity index (χ3n) is 8.84. The largest absolute Gasteiger partial charge is 0.135 e. The van der Waals surface area contributed by atoms with E-state index in [0.717, 1.165) is 0 Å². The Morgan fingerprint density at radius 2 is 0.884 bits per heavy atom. The van der Waals surface area contributed by atoms with E-state index in [1.807, 2.05) is 11.3 Å². The molecule has 0 aliphatic heterocycles. The van der Waals surface area contributed by atoms with Crippen molar-refractivity contribution in [2.45, 2.75) is 0 Å². The van der Waals surface area contributed by atoms with Crippen molar-refractivity contribution in [1.29, 1.82) is 0 Å². The molecule has 0 spiro atoms. The van der Waals surface area contributed by atoms with E-state index in [1.165, 1.54) is 85.9 Å². The van der Waals surface area contributed by atoms with Crippen LogP contribution >= 0.6 is 11.3 Å². The SMILES string of the molecule is c1ccc(-c2c3ccccc3c(-c3cccc(-c4cccc5c4sc4ccc6ccccc6c45)c3)c3ccccc23)cc1. The molecule has 43 heavy (non-hydrogen) atoms. The van der Waals surface area contributed by atoms with Gasteiger partial charge in [-0.25, -0.2) is 0 Å². The standard InChI is InChI=1S/C42H26S/c1-2-13-28(14-3-1)39-33-18-6-8-20-35(33)40(36-21-9-7-19-34(36)39)30-16-10-15-29(26-30)32-22-11-23-37-41-31-17-5-4-12-27(31)24-25-38(41)43-42(32)37/h1-26H. The highest BCUT2D eigenvalue weighted by Crippen LogP contribution is 2.46. The van der Waals surface area contributed by atoms with Crippen LogP contribution in [0, 0.1) is 0 Å². The van der Waals surface area contributed by atoms with Crippen LogP contribution < -0.4 is 0 Å². The lowest BCUT2D eigenvalue weighted by molar-refractivity contribution is 1.64. The monoisotopic (exact) mass is 562 g/mol. The number of fused-ring (bicyclic) bond motifs is 7. The Morgan fingerprint density at radius 1 is 0.349 bits per heavy atom. The zero-order valence-electron chi connectivity index (χ0n) is 23.4. The number of hydrogen-bond donors (Lipinski definition) is 0. The second kappa shape index (κ2) is 9.66. The fourth-order valence-corrected chi connectivity index (χ4v) is 8.25. The van der Waals surface area contributed by atoms with Gasteiger partial charge in [0.1, 0.15) is 0 Å². The van der Waals surface area contributed by atoms with E-state index in [1.54, 1.807) is 0 Å². The van der Waals surface area contributed by atoms with Crippen molar-refractivity contribution in [2.24, 2.45) is 0 Å². The van der Waals surface area contributed by atoms with Gasteiger partial charge in [-0.1, -0.05) is 146 Å². The normalized spacial score (nSPS) is 11.7. The third-order valence-corrected chi connectivity index (χ3v) is 10.0. The van der Waals surface area contributed by atoms with Crippen LogP contribution in [0.25, 0.3) is 85.9 Å². The predicted molar refractivity (Wildman–Crippen MR) is 188 cm³/mol. The Labute approximate surface area is 254 Å². The maximum atomic E-state index is 2.40. The molecule has 0 saturated carbocycles. The van der Waals surface area contributed by atoms with Crippen LogP contribution in [0.2, 0.25) is 0 Å². The van der Waals surface area contributed by atoms with Crippen molar-refractivity contribution < 1.29 is 0 Å². The van der Waals surface area contributed by atoms with Crippen LogP contribution in [0.1, 0.15) is 0 Å². The molecule has 0 unspecified atom stereocenters. The second-order valence-electron chi connectivity index (χ2n) is 11.2. The zero-order valence-corrected chi connectivity index (χ0v) is 24.2. The van der Waals surface area contributed by atoms with Gasteiger partial charge >= 0.3 is 0 Å². The second-order valence-corrected chi connectivity index (χ2v) is 12.3. The van der Waals surface area contributed by atoms with Crippen molar-refractivity contribution >= 4 is 63.8 Å². The zero-order chi connectivity index (χ0) is 28.3. The van der Waals surface area contributed by atoms with Crippen molar-refractivity contribution in [1.82, 2.24) is 0 Å². The van der Waals surface area contributed by atoms with Gasteiger partial charge in [0.25, 0.3) is 0 Å². The molecule has 0 amide bonds. The minimum absolute atomic E-state index is 1.24. The first-order valence-electron chi connectivity index (χ1n) is 14.8. The minimum atomic E-state index is 1.24. The van der Waals surface area contributed by atoms with E-state index < -0.39 is 0 Å². The molecule has 0 aliphatic carbocycles. The van der Waals surface area contributed by atoms with Crippen LogP contribution in [0.15, 0.2) is 158 Å². The summed E-state index contributed by atoms with van der Waals surface area (Å²) in [5.74, 6) is 0. The van der Waals surface area contributed by atoms with Crippen LogP contribution in [-0.4, -0.2) is 0 Å². The number of rotatable bonds is 3. The Balaban J connectivity index is 1.31. The quantitative estimate of drug-likeness (QED) is 0.188. The third kappa shape index (κ3) is 3.75. The first-order valence-corrected chi connectivity index (χ1v) is 15.6. The van der Waals surface area contributed by atoms with Gasteiger partial charge in [0.15, 0.2) is 0 Å². The topological polar surface area (TPSA) is 0 Å². The van der Waals surface area contributed by atoms with Gasteiger partial charge in [-0.15, -0.1) is 11.3 Å². The van der Waals surface area contributed by atoms with Crippen LogP contribution in [0.4, 0.5) is 0 Å². The van der Waals surface area contributed by atoms with E-state index in [2.05, 4.69) is 158 Å². The van der Waals surface area contributed by atoms with Crippen LogP contribution in [-0.2, 0) is 0 Å². The molecule has 9 aromatic rings. The molecule has 0 N–H and O–H groups in total. The minimum Gasteiger partial charge on any atom is -0.135 e.